The fraction of sp³-hybridized carbons (Fsp3) is 0.467. The van der Waals surface area contributed by atoms with Crippen LogP contribution in [0.4, 0.5) is 5.69 Å². The van der Waals surface area contributed by atoms with Crippen LogP contribution in [0, 0.1) is 6.92 Å². The second kappa shape index (κ2) is 6.41. The molecule has 1 aromatic rings. The number of anilines is 1. The lowest BCUT2D eigenvalue weighted by molar-refractivity contribution is -0.137. The van der Waals surface area contributed by atoms with E-state index < -0.39 is 0 Å². The lowest BCUT2D eigenvalue weighted by Gasteiger charge is -2.34. The normalized spacial score (nSPS) is 15.1. The Balaban J connectivity index is 1.78. The van der Waals surface area contributed by atoms with Gasteiger partial charge in [-0.25, -0.2) is 0 Å². The Morgan fingerprint density at radius 2 is 1.60 bits per heavy atom. The van der Waals surface area contributed by atoms with Gasteiger partial charge in [-0.2, -0.15) is 0 Å². The van der Waals surface area contributed by atoms with Gasteiger partial charge in [0.2, 0.25) is 11.8 Å². The molecule has 5 heteroatoms. The van der Waals surface area contributed by atoms with Crippen LogP contribution in [0.3, 0.4) is 0 Å². The molecule has 0 saturated carbocycles. The molecule has 0 aliphatic carbocycles. The number of carbonyl (C=O) groups is 2. The molecule has 2 amide bonds. The number of rotatable bonds is 3. The molecular formula is C15H21N3O2. The van der Waals surface area contributed by atoms with Gasteiger partial charge in [0, 0.05) is 38.8 Å². The fourth-order valence-electron chi connectivity index (χ4n) is 2.23. The van der Waals surface area contributed by atoms with E-state index in [0.29, 0.717) is 32.7 Å². The summed E-state index contributed by atoms with van der Waals surface area (Å²) in [5.41, 5.74) is 2.15. The summed E-state index contributed by atoms with van der Waals surface area (Å²) >= 11 is 0. The third-order valence-electron chi connectivity index (χ3n) is 3.57. The van der Waals surface area contributed by atoms with Crippen molar-refractivity contribution in [2.24, 2.45) is 0 Å². The average Bonchev–Trinajstić information content (AvgIpc) is 2.46. The lowest BCUT2D eigenvalue weighted by atomic mass is 10.2. The van der Waals surface area contributed by atoms with E-state index in [-0.39, 0.29) is 11.8 Å². The highest BCUT2D eigenvalue weighted by molar-refractivity contribution is 5.81. The molecule has 1 heterocycles. The van der Waals surface area contributed by atoms with E-state index >= 15 is 0 Å². The molecule has 0 atom stereocenters. The minimum absolute atomic E-state index is 0.0776. The molecule has 1 saturated heterocycles. The predicted octanol–water partition coefficient (Wildman–Crippen LogP) is 1.10. The summed E-state index contributed by atoms with van der Waals surface area (Å²) in [6.45, 7) is 6.39. The molecule has 0 aromatic heterocycles. The first-order valence-corrected chi connectivity index (χ1v) is 6.90. The molecule has 0 radical (unpaired) electrons. The topological polar surface area (TPSA) is 52.7 Å². The number of hydrogen-bond acceptors (Lipinski definition) is 3. The van der Waals surface area contributed by atoms with Crippen LogP contribution < -0.4 is 5.32 Å². The molecule has 0 unspecified atom stereocenters. The van der Waals surface area contributed by atoms with E-state index in [4.69, 9.17) is 0 Å². The predicted molar refractivity (Wildman–Crippen MR) is 78.5 cm³/mol. The van der Waals surface area contributed by atoms with Gasteiger partial charge in [0.05, 0.1) is 6.54 Å². The van der Waals surface area contributed by atoms with Crippen LogP contribution in [0.15, 0.2) is 24.3 Å². The minimum Gasteiger partial charge on any atom is -0.376 e. The van der Waals surface area contributed by atoms with Crippen LogP contribution in [-0.2, 0) is 9.59 Å². The molecule has 1 aromatic carbocycles. The number of carbonyl (C=O) groups excluding carboxylic acids is 2. The van der Waals surface area contributed by atoms with Crippen molar-refractivity contribution < 1.29 is 9.59 Å². The fourth-order valence-corrected chi connectivity index (χ4v) is 2.23. The summed E-state index contributed by atoms with van der Waals surface area (Å²) in [6.07, 6.45) is 0. The first kappa shape index (κ1) is 14.4. The van der Waals surface area contributed by atoms with Crippen LogP contribution in [0.5, 0.6) is 0 Å². The molecule has 0 bridgehead atoms. The second-order valence-corrected chi connectivity index (χ2v) is 5.11. The number of piperazine rings is 1. The van der Waals surface area contributed by atoms with E-state index in [0.717, 1.165) is 5.69 Å². The van der Waals surface area contributed by atoms with Gasteiger partial charge < -0.3 is 15.1 Å². The highest BCUT2D eigenvalue weighted by Gasteiger charge is 2.21. The SMILES string of the molecule is CC(=O)N1CCN(C(=O)CNc2ccc(C)cc2)CC1. The van der Waals surface area contributed by atoms with Crippen LogP contribution in [0.25, 0.3) is 0 Å². The maximum Gasteiger partial charge on any atom is 0.241 e. The standard InChI is InChI=1S/C15H21N3O2/c1-12-3-5-14(6-4-12)16-11-15(20)18-9-7-17(8-10-18)13(2)19/h3-6,16H,7-11H2,1-2H3. The Morgan fingerprint density at radius 3 is 2.15 bits per heavy atom. The molecule has 0 spiro atoms. The Hall–Kier alpha value is -2.04. The van der Waals surface area contributed by atoms with Gasteiger partial charge in [0.25, 0.3) is 0 Å². The Morgan fingerprint density at radius 1 is 1.05 bits per heavy atom. The summed E-state index contributed by atoms with van der Waals surface area (Å²) in [6, 6.07) is 7.96. The van der Waals surface area contributed by atoms with Crippen LogP contribution >= 0.6 is 0 Å². The van der Waals surface area contributed by atoms with E-state index in [1.54, 1.807) is 16.7 Å². The molecule has 108 valence electrons. The number of aryl methyl sites for hydroxylation is 1. The van der Waals surface area contributed by atoms with E-state index in [2.05, 4.69) is 5.32 Å². The minimum atomic E-state index is 0.0776. The first-order valence-electron chi connectivity index (χ1n) is 6.90. The van der Waals surface area contributed by atoms with Gasteiger partial charge >= 0.3 is 0 Å². The second-order valence-electron chi connectivity index (χ2n) is 5.11. The van der Waals surface area contributed by atoms with Crippen LogP contribution in [-0.4, -0.2) is 54.3 Å². The molecule has 1 fully saturated rings. The van der Waals surface area contributed by atoms with Gasteiger partial charge in [-0.1, -0.05) is 17.7 Å². The highest BCUT2D eigenvalue weighted by atomic mass is 16.2. The van der Waals surface area contributed by atoms with Crippen molar-refractivity contribution in [1.29, 1.82) is 0 Å². The highest BCUT2D eigenvalue weighted by Crippen LogP contribution is 2.09. The maximum absolute atomic E-state index is 12.1. The quantitative estimate of drug-likeness (QED) is 0.898. The van der Waals surface area contributed by atoms with E-state index in [1.165, 1.54) is 5.56 Å². The number of nitrogens with zero attached hydrogens (tertiary/aromatic N) is 2. The summed E-state index contributed by atoms with van der Waals surface area (Å²) < 4.78 is 0. The summed E-state index contributed by atoms with van der Waals surface area (Å²) in [5.74, 6) is 0.156. The third kappa shape index (κ3) is 3.73. The van der Waals surface area contributed by atoms with Gasteiger partial charge in [0.1, 0.15) is 0 Å². The van der Waals surface area contributed by atoms with Crippen molar-refractivity contribution in [2.75, 3.05) is 38.0 Å². The number of nitrogens with one attached hydrogen (secondary N) is 1. The van der Waals surface area contributed by atoms with Gasteiger partial charge in [-0.15, -0.1) is 0 Å². The maximum atomic E-state index is 12.1. The van der Waals surface area contributed by atoms with E-state index in [9.17, 15) is 9.59 Å². The van der Waals surface area contributed by atoms with Crippen molar-refractivity contribution in [2.45, 2.75) is 13.8 Å². The summed E-state index contributed by atoms with van der Waals surface area (Å²) in [4.78, 5) is 26.9. The van der Waals surface area contributed by atoms with Crippen molar-refractivity contribution in [3.8, 4) is 0 Å². The summed E-state index contributed by atoms with van der Waals surface area (Å²) in [5, 5.41) is 3.13. The molecule has 20 heavy (non-hydrogen) atoms. The van der Waals surface area contributed by atoms with Crippen molar-refractivity contribution in [3.63, 3.8) is 0 Å². The zero-order valence-electron chi connectivity index (χ0n) is 12.1. The zero-order valence-corrected chi connectivity index (χ0v) is 12.1. The Bertz CT molecular complexity index is 476. The smallest absolute Gasteiger partial charge is 0.241 e. The van der Waals surface area contributed by atoms with Crippen molar-refractivity contribution >= 4 is 17.5 Å². The zero-order chi connectivity index (χ0) is 14.5. The Labute approximate surface area is 119 Å². The van der Waals surface area contributed by atoms with Crippen LogP contribution in [0.1, 0.15) is 12.5 Å². The van der Waals surface area contributed by atoms with Gasteiger partial charge in [-0.05, 0) is 19.1 Å². The molecular weight excluding hydrogens is 254 g/mol. The van der Waals surface area contributed by atoms with E-state index in [1.807, 2.05) is 31.2 Å². The van der Waals surface area contributed by atoms with Crippen LogP contribution in [0.2, 0.25) is 0 Å². The van der Waals surface area contributed by atoms with Crippen molar-refractivity contribution in [3.05, 3.63) is 29.8 Å². The molecule has 1 N–H and O–H groups in total. The van der Waals surface area contributed by atoms with Gasteiger partial charge in [0.15, 0.2) is 0 Å². The lowest BCUT2D eigenvalue weighted by Crippen LogP contribution is -2.51. The number of amides is 2. The number of benzene rings is 1. The molecule has 5 nitrogen and oxygen atoms in total. The summed E-state index contributed by atoms with van der Waals surface area (Å²) in [7, 11) is 0. The molecule has 2 rings (SSSR count). The molecule has 1 aliphatic rings. The average molecular weight is 275 g/mol. The first-order chi connectivity index (χ1) is 9.56. The van der Waals surface area contributed by atoms with Gasteiger partial charge in [-0.3, -0.25) is 9.59 Å². The van der Waals surface area contributed by atoms with Crippen molar-refractivity contribution in [1.82, 2.24) is 9.80 Å². The number of hydrogen-bond donors (Lipinski definition) is 1. The third-order valence-corrected chi connectivity index (χ3v) is 3.57. The molecule has 1 aliphatic heterocycles. The largest absolute Gasteiger partial charge is 0.376 e. The Kier molecular flexibility index (Phi) is 4.61. The monoisotopic (exact) mass is 275 g/mol.